The normalized spacial score (nSPS) is 11.4. The Balaban J connectivity index is 2.54. The molecular formula is C12H16FNO4S. The van der Waals surface area contributed by atoms with Gasteiger partial charge in [0.25, 0.3) is 0 Å². The van der Waals surface area contributed by atoms with Crippen molar-refractivity contribution < 1.29 is 24.5 Å². The zero-order chi connectivity index (χ0) is 14.3. The molecule has 0 aromatic heterocycles. The molecule has 0 saturated carbocycles. The Morgan fingerprint density at radius 3 is 2.32 bits per heavy atom. The number of aliphatic hydroxyl groups is 3. The van der Waals surface area contributed by atoms with E-state index in [0.717, 1.165) is 11.8 Å². The van der Waals surface area contributed by atoms with Crippen molar-refractivity contribution in [1.29, 1.82) is 0 Å². The Morgan fingerprint density at radius 2 is 1.79 bits per heavy atom. The molecule has 1 aromatic rings. The number of thioether (sulfide) groups is 1. The minimum atomic E-state index is -1.45. The minimum absolute atomic E-state index is 0.0807. The van der Waals surface area contributed by atoms with Gasteiger partial charge in [-0.05, 0) is 12.1 Å². The molecule has 0 aliphatic rings. The van der Waals surface area contributed by atoms with Crippen molar-refractivity contribution >= 4 is 17.7 Å². The van der Waals surface area contributed by atoms with Crippen LogP contribution >= 0.6 is 11.8 Å². The molecule has 0 radical (unpaired) electrons. The molecule has 0 bridgehead atoms. The predicted molar refractivity (Wildman–Crippen MR) is 69.3 cm³/mol. The maximum absolute atomic E-state index is 13.3. The molecule has 0 fully saturated rings. The molecule has 4 N–H and O–H groups in total. The Morgan fingerprint density at radius 1 is 1.21 bits per heavy atom. The second-order valence-electron chi connectivity index (χ2n) is 4.02. The molecule has 0 saturated heterocycles. The van der Waals surface area contributed by atoms with E-state index in [2.05, 4.69) is 5.32 Å². The molecule has 0 unspecified atom stereocenters. The van der Waals surface area contributed by atoms with E-state index in [9.17, 15) is 9.18 Å². The van der Waals surface area contributed by atoms with Crippen LogP contribution in [0.5, 0.6) is 0 Å². The first-order valence-electron chi connectivity index (χ1n) is 5.58. The number of aliphatic hydroxyl groups excluding tert-OH is 3. The van der Waals surface area contributed by atoms with Crippen LogP contribution in [-0.4, -0.2) is 52.3 Å². The van der Waals surface area contributed by atoms with Crippen molar-refractivity contribution in [3.63, 3.8) is 0 Å². The van der Waals surface area contributed by atoms with Crippen molar-refractivity contribution in [3.05, 3.63) is 30.1 Å². The van der Waals surface area contributed by atoms with Gasteiger partial charge in [-0.15, -0.1) is 11.8 Å². The Kier molecular flexibility index (Phi) is 6.23. The van der Waals surface area contributed by atoms with Crippen molar-refractivity contribution in [3.8, 4) is 0 Å². The molecule has 19 heavy (non-hydrogen) atoms. The number of amides is 1. The first kappa shape index (κ1) is 15.9. The highest BCUT2D eigenvalue weighted by molar-refractivity contribution is 8.00. The van der Waals surface area contributed by atoms with Gasteiger partial charge in [0.1, 0.15) is 11.4 Å². The van der Waals surface area contributed by atoms with Crippen LogP contribution in [0.1, 0.15) is 0 Å². The highest BCUT2D eigenvalue weighted by Gasteiger charge is 2.29. The second kappa shape index (κ2) is 7.44. The lowest BCUT2D eigenvalue weighted by molar-refractivity contribution is -0.122. The van der Waals surface area contributed by atoms with E-state index in [1.165, 1.54) is 6.07 Å². The van der Waals surface area contributed by atoms with Crippen molar-refractivity contribution in [2.45, 2.75) is 10.4 Å². The van der Waals surface area contributed by atoms with E-state index in [-0.39, 0.29) is 5.75 Å². The van der Waals surface area contributed by atoms with Gasteiger partial charge in [0, 0.05) is 4.90 Å². The summed E-state index contributed by atoms with van der Waals surface area (Å²) in [6.45, 7) is -1.76. The molecule has 5 nitrogen and oxygen atoms in total. The van der Waals surface area contributed by atoms with Gasteiger partial charge in [0.05, 0.1) is 25.6 Å². The highest BCUT2D eigenvalue weighted by atomic mass is 32.2. The van der Waals surface area contributed by atoms with Crippen LogP contribution < -0.4 is 5.32 Å². The molecule has 106 valence electrons. The number of halogens is 1. The van der Waals surface area contributed by atoms with Crippen LogP contribution in [0.25, 0.3) is 0 Å². The highest BCUT2D eigenvalue weighted by Crippen LogP contribution is 2.20. The largest absolute Gasteiger partial charge is 0.394 e. The quantitative estimate of drug-likeness (QED) is 0.520. The number of benzene rings is 1. The summed E-state index contributed by atoms with van der Waals surface area (Å²) in [7, 11) is 0. The van der Waals surface area contributed by atoms with Crippen molar-refractivity contribution in [1.82, 2.24) is 5.32 Å². The third-order valence-electron chi connectivity index (χ3n) is 2.51. The summed E-state index contributed by atoms with van der Waals surface area (Å²) in [6.07, 6.45) is 0. The number of nitrogens with one attached hydrogen (secondary N) is 1. The average Bonchev–Trinajstić information content (AvgIpc) is 2.44. The SMILES string of the molecule is O=C(CSc1ccccc1F)NC(CO)(CO)CO. The lowest BCUT2D eigenvalue weighted by atomic mass is 10.0. The van der Waals surface area contributed by atoms with Gasteiger partial charge in [-0.1, -0.05) is 12.1 Å². The fourth-order valence-corrected chi connectivity index (χ4v) is 2.04. The molecule has 0 spiro atoms. The standard InChI is InChI=1S/C12H16FNO4S/c13-9-3-1-2-4-10(9)19-5-11(18)14-12(6-15,7-16)8-17/h1-4,15-17H,5-8H2,(H,14,18). The Hall–Kier alpha value is -1.15. The summed E-state index contributed by atoms with van der Waals surface area (Å²) in [5.41, 5.74) is -1.45. The number of hydrogen-bond donors (Lipinski definition) is 4. The molecule has 1 aromatic carbocycles. The topological polar surface area (TPSA) is 89.8 Å². The molecule has 1 amide bonds. The van der Waals surface area contributed by atoms with E-state index in [4.69, 9.17) is 15.3 Å². The summed E-state index contributed by atoms with van der Waals surface area (Å²) in [4.78, 5) is 12.0. The zero-order valence-corrected chi connectivity index (χ0v) is 11.0. The average molecular weight is 289 g/mol. The van der Waals surface area contributed by atoms with Crippen LogP contribution in [0.15, 0.2) is 29.2 Å². The van der Waals surface area contributed by atoms with Gasteiger partial charge >= 0.3 is 0 Å². The molecule has 0 aliphatic carbocycles. The van der Waals surface area contributed by atoms with E-state index in [1.807, 2.05) is 0 Å². The first-order valence-corrected chi connectivity index (χ1v) is 6.56. The van der Waals surface area contributed by atoms with Crippen molar-refractivity contribution in [2.75, 3.05) is 25.6 Å². The molecular weight excluding hydrogens is 273 g/mol. The fraction of sp³-hybridized carbons (Fsp3) is 0.417. The maximum Gasteiger partial charge on any atom is 0.231 e. The van der Waals surface area contributed by atoms with Gasteiger partial charge in [-0.2, -0.15) is 0 Å². The van der Waals surface area contributed by atoms with Crippen LogP contribution in [-0.2, 0) is 4.79 Å². The molecule has 1 rings (SSSR count). The first-order chi connectivity index (χ1) is 9.06. The Labute approximate surface area is 114 Å². The monoisotopic (exact) mass is 289 g/mol. The third-order valence-corrected chi connectivity index (χ3v) is 3.56. The van der Waals surface area contributed by atoms with Crippen molar-refractivity contribution in [2.24, 2.45) is 0 Å². The van der Waals surface area contributed by atoms with E-state index in [1.54, 1.807) is 18.2 Å². The fourth-order valence-electron chi connectivity index (χ4n) is 1.31. The van der Waals surface area contributed by atoms with Crippen LogP contribution in [0.4, 0.5) is 4.39 Å². The van der Waals surface area contributed by atoms with Gasteiger partial charge in [0.2, 0.25) is 5.91 Å². The summed E-state index contributed by atoms with van der Waals surface area (Å²) >= 11 is 0.995. The lowest BCUT2D eigenvalue weighted by Gasteiger charge is -2.28. The predicted octanol–water partition coefficient (Wildman–Crippen LogP) is -0.250. The van der Waals surface area contributed by atoms with Gasteiger partial charge in [0.15, 0.2) is 0 Å². The summed E-state index contributed by atoms with van der Waals surface area (Å²) in [6, 6.07) is 6.04. The van der Waals surface area contributed by atoms with E-state index in [0.29, 0.717) is 4.90 Å². The van der Waals surface area contributed by atoms with Gasteiger partial charge in [-0.25, -0.2) is 4.39 Å². The smallest absolute Gasteiger partial charge is 0.231 e. The Bertz CT molecular complexity index is 418. The summed E-state index contributed by atoms with van der Waals surface area (Å²) in [5, 5.41) is 29.5. The maximum atomic E-state index is 13.3. The number of rotatable bonds is 7. The number of hydrogen-bond acceptors (Lipinski definition) is 5. The zero-order valence-electron chi connectivity index (χ0n) is 10.2. The summed E-state index contributed by atoms with van der Waals surface area (Å²) < 4.78 is 13.3. The molecule has 0 aliphatic heterocycles. The minimum Gasteiger partial charge on any atom is -0.394 e. The number of carbonyl (C=O) groups is 1. The van der Waals surface area contributed by atoms with Crippen LogP contribution in [0.2, 0.25) is 0 Å². The van der Waals surface area contributed by atoms with E-state index >= 15 is 0 Å². The van der Waals surface area contributed by atoms with Crippen LogP contribution in [0, 0.1) is 5.82 Å². The third kappa shape index (κ3) is 4.46. The van der Waals surface area contributed by atoms with Gasteiger partial charge in [-0.3, -0.25) is 4.79 Å². The van der Waals surface area contributed by atoms with Gasteiger partial charge < -0.3 is 20.6 Å². The van der Waals surface area contributed by atoms with Crippen LogP contribution in [0.3, 0.4) is 0 Å². The molecule has 0 heterocycles. The summed E-state index contributed by atoms with van der Waals surface area (Å²) in [5.74, 6) is -1.01. The molecule has 0 atom stereocenters. The molecule has 7 heteroatoms. The number of carbonyl (C=O) groups excluding carboxylic acids is 1. The lowest BCUT2D eigenvalue weighted by Crippen LogP contribution is -2.57. The van der Waals surface area contributed by atoms with E-state index < -0.39 is 37.1 Å². The second-order valence-corrected chi connectivity index (χ2v) is 5.04.